The fourth-order valence-electron chi connectivity index (χ4n) is 3.27. The summed E-state index contributed by atoms with van der Waals surface area (Å²) in [6, 6.07) is 4.15. The highest BCUT2D eigenvalue weighted by molar-refractivity contribution is 5.87. The van der Waals surface area contributed by atoms with Crippen molar-refractivity contribution in [3.63, 3.8) is 0 Å². The molecule has 0 aliphatic carbocycles. The van der Waals surface area contributed by atoms with Gasteiger partial charge in [-0.25, -0.2) is 9.37 Å². The molecule has 1 aromatic carbocycles. The first-order valence-electron chi connectivity index (χ1n) is 8.86. The predicted molar refractivity (Wildman–Crippen MR) is 101 cm³/mol. The van der Waals surface area contributed by atoms with Crippen LogP contribution in [-0.4, -0.2) is 29.2 Å². The zero-order chi connectivity index (χ0) is 21.1. The van der Waals surface area contributed by atoms with E-state index >= 15 is 0 Å². The van der Waals surface area contributed by atoms with Crippen molar-refractivity contribution in [2.24, 2.45) is 0 Å². The fourth-order valence-corrected chi connectivity index (χ4v) is 3.27. The van der Waals surface area contributed by atoms with Gasteiger partial charge in [-0.3, -0.25) is 9.20 Å². The highest BCUT2D eigenvalue weighted by atomic mass is 19.1. The lowest BCUT2D eigenvalue weighted by molar-refractivity contribution is 0.0661. The van der Waals surface area contributed by atoms with E-state index in [2.05, 4.69) is 15.1 Å². The molecule has 9 nitrogen and oxygen atoms in total. The van der Waals surface area contributed by atoms with Gasteiger partial charge in [0.05, 0.1) is 11.0 Å². The molecule has 0 atom stereocenters. The Bertz CT molecular complexity index is 1370. The quantitative estimate of drug-likeness (QED) is 0.564. The van der Waals surface area contributed by atoms with Crippen molar-refractivity contribution in [1.29, 1.82) is 5.26 Å². The largest absolute Gasteiger partial charge is 0.382 e. The van der Waals surface area contributed by atoms with Crippen LogP contribution in [0.2, 0.25) is 0 Å². The average Bonchev–Trinajstić information content (AvgIpc) is 3.28. The molecule has 0 unspecified atom stereocenters. The Hall–Kier alpha value is -3.58. The van der Waals surface area contributed by atoms with Crippen LogP contribution in [0.5, 0.6) is 0 Å². The monoisotopic (exact) mass is 396 g/mol. The Balaban J connectivity index is 2.14. The van der Waals surface area contributed by atoms with Gasteiger partial charge in [-0.15, -0.1) is 0 Å². The summed E-state index contributed by atoms with van der Waals surface area (Å²) < 4.78 is 22.3. The number of fused-ring (bicyclic) bond motifs is 3. The van der Waals surface area contributed by atoms with Gasteiger partial charge in [0.15, 0.2) is 5.69 Å². The van der Waals surface area contributed by atoms with E-state index in [-0.39, 0.29) is 40.0 Å². The Morgan fingerprint density at radius 2 is 2.03 bits per heavy atom. The van der Waals surface area contributed by atoms with Crippen LogP contribution in [0.1, 0.15) is 45.1 Å². The summed E-state index contributed by atoms with van der Waals surface area (Å²) in [5.74, 6) is -0.688. The molecule has 0 saturated heterocycles. The molecule has 3 aromatic heterocycles. The van der Waals surface area contributed by atoms with Gasteiger partial charge >= 0.3 is 0 Å². The second kappa shape index (κ2) is 6.22. The SMILES string of the molecule is CC(C)n1c(=O)c2c(-c3nc(C(C)(C)O)no3)ncn2c2ccc(F)c(C#N)c21. The third-order valence-corrected chi connectivity index (χ3v) is 4.60. The van der Waals surface area contributed by atoms with Crippen molar-refractivity contribution in [1.82, 2.24) is 24.1 Å². The van der Waals surface area contributed by atoms with E-state index in [1.165, 1.54) is 41.3 Å². The lowest BCUT2D eigenvalue weighted by atomic mass is 10.1. The third kappa shape index (κ3) is 2.70. The Kier molecular flexibility index (Phi) is 4.02. The molecule has 0 saturated carbocycles. The van der Waals surface area contributed by atoms with E-state index in [1.807, 2.05) is 6.07 Å². The molecular weight excluding hydrogens is 379 g/mol. The third-order valence-electron chi connectivity index (χ3n) is 4.60. The number of halogens is 1. The topological polar surface area (TPSA) is 122 Å². The number of aromatic nitrogens is 5. The summed E-state index contributed by atoms with van der Waals surface area (Å²) in [5.41, 5.74) is -1.12. The molecule has 0 spiro atoms. The van der Waals surface area contributed by atoms with Gasteiger partial charge in [0, 0.05) is 6.04 Å². The number of rotatable bonds is 3. The Labute approximate surface area is 163 Å². The van der Waals surface area contributed by atoms with Crippen LogP contribution >= 0.6 is 0 Å². The van der Waals surface area contributed by atoms with Crippen LogP contribution < -0.4 is 5.56 Å². The van der Waals surface area contributed by atoms with Crippen LogP contribution in [0.4, 0.5) is 4.39 Å². The molecule has 0 aliphatic rings. The summed E-state index contributed by atoms with van der Waals surface area (Å²) in [6.07, 6.45) is 1.38. The van der Waals surface area contributed by atoms with Crippen LogP contribution in [0.15, 0.2) is 27.8 Å². The second-order valence-corrected chi connectivity index (χ2v) is 7.46. The number of aliphatic hydroxyl groups is 1. The Morgan fingerprint density at radius 1 is 1.31 bits per heavy atom. The van der Waals surface area contributed by atoms with Crippen molar-refractivity contribution in [2.75, 3.05) is 0 Å². The molecule has 29 heavy (non-hydrogen) atoms. The minimum Gasteiger partial charge on any atom is -0.382 e. The van der Waals surface area contributed by atoms with E-state index in [0.29, 0.717) is 5.52 Å². The first kappa shape index (κ1) is 18.8. The van der Waals surface area contributed by atoms with Crippen molar-refractivity contribution in [3.05, 3.63) is 46.0 Å². The van der Waals surface area contributed by atoms with E-state index < -0.39 is 17.0 Å². The van der Waals surface area contributed by atoms with Crippen molar-refractivity contribution >= 4 is 16.6 Å². The molecule has 1 N–H and O–H groups in total. The molecular formula is C19H17FN6O3. The smallest absolute Gasteiger partial charge is 0.279 e. The number of nitrogens with zero attached hydrogens (tertiary/aromatic N) is 6. The molecule has 148 valence electrons. The highest BCUT2D eigenvalue weighted by Gasteiger charge is 2.27. The summed E-state index contributed by atoms with van der Waals surface area (Å²) >= 11 is 0. The van der Waals surface area contributed by atoms with Gasteiger partial charge in [0.25, 0.3) is 11.4 Å². The first-order chi connectivity index (χ1) is 13.6. The van der Waals surface area contributed by atoms with Gasteiger partial charge in [-0.1, -0.05) is 5.16 Å². The minimum atomic E-state index is -1.33. The summed E-state index contributed by atoms with van der Waals surface area (Å²) in [5, 5.41) is 23.3. The van der Waals surface area contributed by atoms with Crippen molar-refractivity contribution in [2.45, 2.75) is 39.3 Å². The molecule has 4 rings (SSSR count). The van der Waals surface area contributed by atoms with Gasteiger partial charge in [-0.2, -0.15) is 10.2 Å². The number of imidazole rings is 1. The Morgan fingerprint density at radius 3 is 2.62 bits per heavy atom. The van der Waals surface area contributed by atoms with Crippen molar-refractivity contribution < 1.29 is 14.0 Å². The predicted octanol–water partition coefficient (Wildman–Crippen LogP) is 2.52. The van der Waals surface area contributed by atoms with E-state index in [0.717, 1.165) is 0 Å². The van der Waals surface area contributed by atoms with E-state index in [4.69, 9.17) is 4.52 Å². The van der Waals surface area contributed by atoms with Crippen LogP contribution in [0.3, 0.4) is 0 Å². The van der Waals surface area contributed by atoms with E-state index in [9.17, 15) is 19.6 Å². The molecule has 0 amide bonds. The number of hydrogen-bond donors (Lipinski definition) is 1. The maximum atomic E-state index is 14.3. The van der Waals surface area contributed by atoms with Crippen LogP contribution in [0.25, 0.3) is 28.1 Å². The van der Waals surface area contributed by atoms with Gasteiger partial charge < -0.3 is 14.2 Å². The molecule has 4 aromatic rings. The second-order valence-electron chi connectivity index (χ2n) is 7.46. The lowest BCUT2D eigenvalue weighted by Crippen LogP contribution is -2.25. The summed E-state index contributed by atoms with van der Waals surface area (Å²) in [4.78, 5) is 21.8. The zero-order valence-electron chi connectivity index (χ0n) is 16.1. The van der Waals surface area contributed by atoms with Crippen LogP contribution in [-0.2, 0) is 5.60 Å². The lowest BCUT2D eigenvalue weighted by Gasteiger charge is -2.16. The molecule has 3 heterocycles. The molecule has 0 radical (unpaired) electrons. The van der Waals surface area contributed by atoms with Crippen LogP contribution in [0, 0.1) is 17.1 Å². The van der Waals surface area contributed by atoms with E-state index in [1.54, 1.807) is 13.8 Å². The number of nitriles is 1. The molecule has 0 bridgehead atoms. The standard InChI is InChI=1S/C19H17FN6O3/c1-9(2)26-14-10(7-21)11(20)5-6-12(14)25-8-22-13(15(25)17(26)27)16-23-18(24-29-16)19(3,4)28/h5-6,8-9,28H,1-4H3. The maximum Gasteiger partial charge on any atom is 0.279 e. The molecule has 0 aliphatic heterocycles. The average molecular weight is 396 g/mol. The normalized spacial score (nSPS) is 12.2. The molecule has 0 fully saturated rings. The fraction of sp³-hybridized carbons (Fsp3) is 0.316. The number of hydrogen-bond acceptors (Lipinski definition) is 7. The van der Waals surface area contributed by atoms with Gasteiger partial charge in [-0.05, 0) is 39.8 Å². The first-order valence-corrected chi connectivity index (χ1v) is 8.86. The number of benzene rings is 1. The van der Waals surface area contributed by atoms with Gasteiger partial charge in [0.2, 0.25) is 5.82 Å². The summed E-state index contributed by atoms with van der Waals surface area (Å²) in [7, 11) is 0. The summed E-state index contributed by atoms with van der Waals surface area (Å²) in [6.45, 7) is 6.53. The van der Waals surface area contributed by atoms with Crippen molar-refractivity contribution in [3.8, 4) is 17.7 Å². The maximum absolute atomic E-state index is 14.3. The van der Waals surface area contributed by atoms with Gasteiger partial charge in [0.1, 0.15) is 34.9 Å². The minimum absolute atomic E-state index is 0.0287. The molecule has 10 heteroatoms. The highest BCUT2D eigenvalue weighted by Crippen LogP contribution is 2.28. The zero-order valence-corrected chi connectivity index (χ0v) is 16.1.